The van der Waals surface area contributed by atoms with Crippen LogP contribution in [-0.4, -0.2) is 30.9 Å². The molecule has 1 atom stereocenters. The van der Waals surface area contributed by atoms with Crippen molar-refractivity contribution in [3.8, 4) is 17.1 Å². The second-order valence-corrected chi connectivity index (χ2v) is 9.09. The normalized spacial score (nSPS) is 11.9. The molecule has 32 heavy (non-hydrogen) atoms. The Bertz CT molecular complexity index is 1240. The van der Waals surface area contributed by atoms with Crippen LogP contribution in [0.4, 0.5) is 5.69 Å². The molecule has 2 aromatic carbocycles. The highest BCUT2D eigenvalue weighted by molar-refractivity contribution is 8.00. The molecule has 4 rings (SSSR count). The van der Waals surface area contributed by atoms with Gasteiger partial charge in [0, 0.05) is 28.7 Å². The minimum Gasteiger partial charge on any atom is -0.325 e. The Morgan fingerprint density at radius 2 is 1.75 bits per heavy atom. The summed E-state index contributed by atoms with van der Waals surface area (Å²) < 4.78 is 1.94. The average Bonchev–Trinajstić information content (AvgIpc) is 3.21. The van der Waals surface area contributed by atoms with Crippen molar-refractivity contribution in [3.63, 3.8) is 0 Å². The number of hydrogen-bond acceptors (Lipinski definition) is 5. The third-order valence-corrected chi connectivity index (χ3v) is 6.47. The summed E-state index contributed by atoms with van der Waals surface area (Å²) >= 11 is 7.75. The Morgan fingerprint density at radius 3 is 2.47 bits per heavy atom. The zero-order chi connectivity index (χ0) is 22.7. The molecule has 0 aliphatic rings. The van der Waals surface area contributed by atoms with Crippen molar-refractivity contribution in [3.05, 3.63) is 83.1 Å². The zero-order valence-electron chi connectivity index (χ0n) is 17.9. The number of carbonyl (C=O) groups is 1. The van der Waals surface area contributed by atoms with Gasteiger partial charge in [0.1, 0.15) is 0 Å². The largest absolute Gasteiger partial charge is 0.325 e. The van der Waals surface area contributed by atoms with E-state index < -0.39 is 5.25 Å². The average molecular weight is 464 g/mol. The highest BCUT2D eigenvalue weighted by atomic mass is 35.5. The summed E-state index contributed by atoms with van der Waals surface area (Å²) in [5.41, 5.74) is 4.54. The molecule has 1 N–H and O–H groups in total. The number of amides is 1. The Morgan fingerprint density at radius 1 is 1.03 bits per heavy atom. The van der Waals surface area contributed by atoms with Crippen LogP contribution in [0, 0.1) is 13.8 Å². The molecule has 162 valence electrons. The van der Waals surface area contributed by atoms with E-state index in [1.807, 2.05) is 79.9 Å². The van der Waals surface area contributed by atoms with Crippen molar-refractivity contribution < 1.29 is 4.79 Å². The Kier molecular flexibility index (Phi) is 6.58. The molecule has 8 heteroatoms. The maximum absolute atomic E-state index is 12.8. The molecule has 2 aromatic heterocycles. The summed E-state index contributed by atoms with van der Waals surface area (Å²) in [6.45, 7) is 5.81. The maximum atomic E-state index is 12.8. The van der Waals surface area contributed by atoms with Gasteiger partial charge in [0.2, 0.25) is 5.91 Å². The molecular formula is C24H22ClN5OS. The topological polar surface area (TPSA) is 72.7 Å². The predicted molar refractivity (Wildman–Crippen MR) is 129 cm³/mol. The van der Waals surface area contributed by atoms with Gasteiger partial charge in [-0.25, -0.2) is 0 Å². The fourth-order valence-corrected chi connectivity index (χ4v) is 4.21. The number of hydrogen-bond donors (Lipinski definition) is 1. The first-order valence-corrected chi connectivity index (χ1v) is 11.4. The number of halogens is 1. The van der Waals surface area contributed by atoms with E-state index in [0.29, 0.717) is 16.0 Å². The number of thioether (sulfide) groups is 1. The number of aromatic nitrogens is 4. The SMILES string of the molecule is Cc1ccc(NC(=O)C(C)Sc2nnc(-c3ccncc3)n2-c2cccc(Cl)c2C)cc1. The first-order chi connectivity index (χ1) is 15.4. The number of nitrogens with one attached hydrogen (secondary N) is 1. The maximum Gasteiger partial charge on any atom is 0.237 e. The van der Waals surface area contributed by atoms with Gasteiger partial charge in [0.05, 0.1) is 10.9 Å². The van der Waals surface area contributed by atoms with Crippen LogP contribution in [-0.2, 0) is 4.79 Å². The first-order valence-electron chi connectivity index (χ1n) is 10.1. The van der Waals surface area contributed by atoms with E-state index >= 15 is 0 Å². The molecule has 1 amide bonds. The Labute approximate surface area is 196 Å². The molecule has 0 radical (unpaired) electrons. The van der Waals surface area contributed by atoms with Crippen LogP contribution in [0.2, 0.25) is 5.02 Å². The molecule has 1 unspecified atom stereocenters. The van der Waals surface area contributed by atoms with Gasteiger partial charge in [-0.05, 0) is 62.7 Å². The van der Waals surface area contributed by atoms with Gasteiger partial charge in [0.25, 0.3) is 0 Å². The van der Waals surface area contributed by atoms with Crippen molar-refractivity contribution >= 4 is 35.0 Å². The van der Waals surface area contributed by atoms with Gasteiger partial charge in [-0.2, -0.15) is 0 Å². The quantitative estimate of drug-likeness (QED) is 0.370. The lowest BCUT2D eigenvalue weighted by Crippen LogP contribution is -2.23. The van der Waals surface area contributed by atoms with Gasteiger partial charge in [-0.15, -0.1) is 10.2 Å². The molecule has 0 bridgehead atoms. The van der Waals surface area contributed by atoms with Crippen molar-refractivity contribution in [2.75, 3.05) is 5.32 Å². The standard InChI is InChI=1S/C24H22ClN5OS/c1-15-7-9-19(10-8-15)27-23(31)17(3)32-24-29-28-22(18-11-13-26-14-12-18)30(24)21-6-4-5-20(25)16(21)2/h4-14,17H,1-3H3,(H,27,31). The van der Waals surface area contributed by atoms with Crippen molar-refractivity contribution in [1.82, 2.24) is 19.7 Å². The molecule has 0 saturated carbocycles. The van der Waals surface area contributed by atoms with E-state index in [1.54, 1.807) is 12.4 Å². The summed E-state index contributed by atoms with van der Waals surface area (Å²) in [7, 11) is 0. The second kappa shape index (κ2) is 9.54. The minimum absolute atomic E-state index is 0.110. The second-order valence-electron chi connectivity index (χ2n) is 7.38. The van der Waals surface area contributed by atoms with Crippen LogP contribution >= 0.6 is 23.4 Å². The monoisotopic (exact) mass is 463 g/mol. The molecule has 0 fully saturated rings. The van der Waals surface area contributed by atoms with E-state index in [1.165, 1.54) is 11.8 Å². The highest BCUT2D eigenvalue weighted by Crippen LogP contribution is 2.33. The fraction of sp³-hybridized carbons (Fsp3) is 0.167. The van der Waals surface area contributed by atoms with Crippen LogP contribution in [0.5, 0.6) is 0 Å². The van der Waals surface area contributed by atoms with E-state index in [0.717, 1.165) is 28.1 Å². The number of rotatable bonds is 6. The number of carbonyl (C=O) groups excluding carboxylic acids is 1. The number of benzene rings is 2. The summed E-state index contributed by atoms with van der Waals surface area (Å²) in [5, 5.41) is 12.7. The molecule has 0 aliphatic carbocycles. The number of aryl methyl sites for hydroxylation is 1. The van der Waals surface area contributed by atoms with Crippen molar-refractivity contribution in [2.24, 2.45) is 0 Å². The minimum atomic E-state index is -0.399. The lowest BCUT2D eigenvalue weighted by atomic mass is 10.2. The molecule has 4 aromatic rings. The van der Waals surface area contributed by atoms with Gasteiger partial charge < -0.3 is 5.32 Å². The van der Waals surface area contributed by atoms with Gasteiger partial charge in [-0.3, -0.25) is 14.3 Å². The third-order valence-electron chi connectivity index (χ3n) is 5.02. The van der Waals surface area contributed by atoms with E-state index in [2.05, 4.69) is 20.5 Å². The van der Waals surface area contributed by atoms with E-state index in [4.69, 9.17) is 11.6 Å². The fourth-order valence-electron chi connectivity index (χ4n) is 3.18. The molecule has 6 nitrogen and oxygen atoms in total. The smallest absolute Gasteiger partial charge is 0.237 e. The molecule has 0 spiro atoms. The molecule has 0 saturated heterocycles. The molecular weight excluding hydrogens is 442 g/mol. The lowest BCUT2D eigenvalue weighted by Gasteiger charge is -2.16. The Balaban J connectivity index is 1.68. The highest BCUT2D eigenvalue weighted by Gasteiger charge is 2.23. The lowest BCUT2D eigenvalue weighted by molar-refractivity contribution is -0.115. The van der Waals surface area contributed by atoms with Gasteiger partial charge in [0.15, 0.2) is 11.0 Å². The van der Waals surface area contributed by atoms with Crippen LogP contribution in [0.25, 0.3) is 17.1 Å². The number of anilines is 1. The van der Waals surface area contributed by atoms with Gasteiger partial charge >= 0.3 is 0 Å². The van der Waals surface area contributed by atoms with Crippen LogP contribution in [0.3, 0.4) is 0 Å². The first kappa shape index (κ1) is 22.0. The third kappa shape index (κ3) is 4.69. The van der Waals surface area contributed by atoms with Crippen molar-refractivity contribution in [1.29, 1.82) is 0 Å². The van der Waals surface area contributed by atoms with Crippen LogP contribution in [0.15, 0.2) is 72.1 Å². The van der Waals surface area contributed by atoms with Crippen LogP contribution < -0.4 is 5.32 Å². The molecule has 2 heterocycles. The summed E-state index contributed by atoms with van der Waals surface area (Å²) in [5.74, 6) is 0.549. The number of nitrogens with zero attached hydrogens (tertiary/aromatic N) is 4. The molecule has 0 aliphatic heterocycles. The van der Waals surface area contributed by atoms with Gasteiger partial charge in [-0.1, -0.05) is 47.1 Å². The van der Waals surface area contributed by atoms with E-state index in [-0.39, 0.29) is 5.91 Å². The summed E-state index contributed by atoms with van der Waals surface area (Å²) in [6, 6.07) is 17.2. The summed E-state index contributed by atoms with van der Waals surface area (Å²) in [6.07, 6.45) is 3.42. The zero-order valence-corrected chi connectivity index (χ0v) is 19.5. The summed E-state index contributed by atoms with van der Waals surface area (Å²) in [4.78, 5) is 16.9. The Hall–Kier alpha value is -3.16. The predicted octanol–water partition coefficient (Wildman–Crippen LogP) is 5.72. The van der Waals surface area contributed by atoms with Crippen LogP contribution in [0.1, 0.15) is 18.1 Å². The van der Waals surface area contributed by atoms with E-state index in [9.17, 15) is 4.79 Å². The number of pyridine rings is 1. The van der Waals surface area contributed by atoms with Crippen molar-refractivity contribution in [2.45, 2.75) is 31.2 Å².